The van der Waals surface area contributed by atoms with E-state index in [1.807, 2.05) is 12.1 Å². The van der Waals surface area contributed by atoms with Gasteiger partial charge in [0.25, 0.3) is 10.0 Å². The monoisotopic (exact) mass is 420 g/mol. The van der Waals surface area contributed by atoms with Crippen molar-refractivity contribution in [2.45, 2.75) is 25.2 Å². The highest BCUT2D eigenvalue weighted by Crippen LogP contribution is 2.35. The van der Waals surface area contributed by atoms with Crippen LogP contribution in [0.2, 0.25) is 0 Å². The molecule has 0 aliphatic carbocycles. The van der Waals surface area contributed by atoms with E-state index < -0.39 is 31.9 Å². The number of anilines is 2. The fourth-order valence-corrected chi connectivity index (χ4v) is 7.34. The number of fused-ring (bicyclic) bond motifs is 1. The molecule has 28 heavy (non-hydrogen) atoms. The predicted octanol–water partition coefficient (Wildman–Crippen LogP) is 2.06. The van der Waals surface area contributed by atoms with Gasteiger partial charge in [-0.25, -0.2) is 21.1 Å². The number of rotatable bonds is 3. The van der Waals surface area contributed by atoms with Crippen molar-refractivity contribution in [1.29, 1.82) is 0 Å². The van der Waals surface area contributed by atoms with Crippen molar-refractivity contribution in [2.24, 2.45) is 5.92 Å². The zero-order valence-corrected chi connectivity index (χ0v) is 17.1. The first-order valence-corrected chi connectivity index (χ1v) is 12.0. The molecule has 0 radical (unpaired) electrons. The molecule has 1 fully saturated rings. The third-order valence-corrected chi connectivity index (χ3v) is 9.01. The number of sulfonamides is 2. The number of hydrogen-bond acceptors (Lipinski definition) is 5. The van der Waals surface area contributed by atoms with Crippen LogP contribution in [0.15, 0.2) is 47.4 Å². The molecule has 0 bridgehead atoms. The molecule has 1 saturated heterocycles. The van der Waals surface area contributed by atoms with Gasteiger partial charge in [-0.15, -0.1) is 0 Å². The van der Waals surface area contributed by atoms with Gasteiger partial charge < -0.3 is 0 Å². The SMILES string of the molecule is Cc1cc(N2C(=O)[C@H](C)CS2(=O)=O)ccc1S(=O)(=O)N1CCc2ccccc21. The van der Waals surface area contributed by atoms with E-state index in [0.29, 0.717) is 24.2 Å². The van der Waals surface area contributed by atoms with Gasteiger partial charge in [0.05, 0.1) is 27.9 Å². The molecule has 2 heterocycles. The third kappa shape index (κ3) is 2.80. The van der Waals surface area contributed by atoms with E-state index in [9.17, 15) is 21.6 Å². The molecule has 0 unspecified atom stereocenters. The van der Waals surface area contributed by atoms with Crippen LogP contribution in [-0.4, -0.2) is 35.0 Å². The Morgan fingerprint density at radius 2 is 1.82 bits per heavy atom. The van der Waals surface area contributed by atoms with Crippen molar-refractivity contribution in [3.63, 3.8) is 0 Å². The standard InChI is InChI=1S/C19H20N2O5S2/c1-13-11-16(21-19(22)14(2)12-27(21,23)24)7-8-18(13)28(25,26)20-10-9-15-5-3-4-6-17(15)20/h3-8,11,14H,9-10,12H2,1-2H3/t14-/m1/s1. The number of carbonyl (C=O) groups excluding carboxylic acids is 1. The maximum atomic E-state index is 13.2. The van der Waals surface area contributed by atoms with Gasteiger partial charge in [-0.2, -0.15) is 0 Å². The van der Waals surface area contributed by atoms with Crippen LogP contribution in [0.1, 0.15) is 18.1 Å². The largest absolute Gasteiger partial charge is 0.273 e. The van der Waals surface area contributed by atoms with Crippen LogP contribution < -0.4 is 8.61 Å². The van der Waals surface area contributed by atoms with Gasteiger partial charge in [0.1, 0.15) is 0 Å². The van der Waals surface area contributed by atoms with Gasteiger partial charge in [0.2, 0.25) is 15.9 Å². The Balaban J connectivity index is 1.74. The molecule has 2 aromatic carbocycles. The van der Waals surface area contributed by atoms with E-state index in [1.54, 1.807) is 26.0 Å². The van der Waals surface area contributed by atoms with Gasteiger partial charge in [0.15, 0.2) is 0 Å². The van der Waals surface area contributed by atoms with Gasteiger partial charge in [-0.1, -0.05) is 25.1 Å². The van der Waals surface area contributed by atoms with Crippen molar-refractivity contribution in [1.82, 2.24) is 0 Å². The molecule has 148 valence electrons. The van der Waals surface area contributed by atoms with Gasteiger partial charge >= 0.3 is 0 Å². The summed E-state index contributed by atoms with van der Waals surface area (Å²) in [4.78, 5) is 12.4. The second kappa shape index (κ2) is 6.31. The quantitative estimate of drug-likeness (QED) is 0.758. The summed E-state index contributed by atoms with van der Waals surface area (Å²) in [6, 6.07) is 11.6. The van der Waals surface area contributed by atoms with Crippen molar-refractivity contribution >= 4 is 37.3 Å². The number of amides is 1. The first-order chi connectivity index (χ1) is 13.1. The van der Waals surface area contributed by atoms with E-state index in [4.69, 9.17) is 0 Å². The van der Waals surface area contributed by atoms with Crippen molar-refractivity contribution in [3.05, 3.63) is 53.6 Å². The Labute approximate surface area is 164 Å². The first kappa shape index (κ1) is 18.9. The molecule has 2 aliphatic heterocycles. The number of para-hydroxylation sites is 1. The maximum Gasteiger partial charge on any atom is 0.264 e. The zero-order valence-electron chi connectivity index (χ0n) is 15.5. The van der Waals surface area contributed by atoms with E-state index in [-0.39, 0.29) is 16.3 Å². The number of nitrogens with zero attached hydrogens (tertiary/aromatic N) is 2. The summed E-state index contributed by atoms with van der Waals surface area (Å²) in [6.07, 6.45) is 0.644. The summed E-state index contributed by atoms with van der Waals surface area (Å²) in [5.74, 6) is -1.35. The van der Waals surface area contributed by atoms with Crippen LogP contribution in [0.25, 0.3) is 0 Å². The molecule has 1 amide bonds. The summed E-state index contributed by atoms with van der Waals surface area (Å²) >= 11 is 0. The Hall–Kier alpha value is -2.39. The Morgan fingerprint density at radius 3 is 2.46 bits per heavy atom. The summed E-state index contributed by atoms with van der Waals surface area (Å²) in [5.41, 5.74) is 2.21. The Bertz CT molecular complexity index is 1190. The topological polar surface area (TPSA) is 91.8 Å². The molecular weight excluding hydrogens is 400 g/mol. The van der Waals surface area contributed by atoms with Gasteiger partial charge in [-0.3, -0.25) is 9.10 Å². The Kier molecular flexibility index (Phi) is 4.27. The molecule has 9 heteroatoms. The molecule has 0 saturated carbocycles. The van der Waals surface area contributed by atoms with Gasteiger partial charge in [-0.05, 0) is 48.7 Å². The van der Waals surface area contributed by atoms with Crippen LogP contribution in [-0.2, 0) is 31.3 Å². The highest BCUT2D eigenvalue weighted by Gasteiger charge is 2.42. The molecule has 0 N–H and O–H groups in total. The highest BCUT2D eigenvalue weighted by molar-refractivity contribution is 7.94. The third-order valence-electron chi connectivity index (χ3n) is 5.17. The lowest BCUT2D eigenvalue weighted by atomic mass is 10.2. The average Bonchev–Trinajstić information content (AvgIpc) is 3.13. The van der Waals surface area contributed by atoms with Gasteiger partial charge in [0, 0.05) is 6.54 Å². The first-order valence-electron chi connectivity index (χ1n) is 8.91. The zero-order chi connectivity index (χ0) is 20.3. The number of carbonyl (C=O) groups is 1. The fourth-order valence-electron chi connectivity index (χ4n) is 3.81. The molecule has 0 spiro atoms. The maximum absolute atomic E-state index is 13.2. The van der Waals surface area contributed by atoms with Crippen molar-refractivity contribution in [2.75, 3.05) is 20.9 Å². The summed E-state index contributed by atoms with van der Waals surface area (Å²) in [6.45, 7) is 3.53. The average molecular weight is 421 g/mol. The number of aryl methyl sites for hydroxylation is 1. The lowest BCUT2D eigenvalue weighted by molar-refractivity contribution is -0.119. The van der Waals surface area contributed by atoms with Crippen molar-refractivity contribution in [3.8, 4) is 0 Å². The van der Waals surface area contributed by atoms with Crippen LogP contribution in [0, 0.1) is 12.8 Å². The number of hydrogen-bond donors (Lipinski definition) is 0. The Morgan fingerprint density at radius 1 is 1.11 bits per heavy atom. The van der Waals surface area contributed by atoms with E-state index >= 15 is 0 Å². The van der Waals surface area contributed by atoms with Crippen LogP contribution in [0.4, 0.5) is 11.4 Å². The normalized spacial score (nSPS) is 21.2. The summed E-state index contributed by atoms with van der Waals surface area (Å²) in [7, 11) is -7.53. The minimum Gasteiger partial charge on any atom is -0.273 e. The molecular formula is C19H20N2O5S2. The van der Waals surface area contributed by atoms with E-state index in [0.717, 1.165) is 9.87 Å². The fraction of sp³-hybridized carbons (Fsp3) is 0.316. The lowest BCUT2D eigenvalue weighted by Crippen LogP contribution is -2.31. The highest BCUT2D eigenvalue weighted by atomic mass is 32.2. The molecule has 2 aliphatic rings. The van der Waals surface area contributed by atoms with Crippen LogP contribution in [0.5, 0.6) is 0 Å². The van der Waals surface area contributed by atoms with Crippen molar-refractivity contribution < 1.29 is 21.6 Å². The second-order valence-electron chi connectivity index (χ2n) is 7.19. The minimum atomic E-state index is -3.80. The molecule has 4 rings (SSSR count). The minimum absolute atomic E-state index is 0.102. The summed E-state index contributed by atoms with van der Waals surface area (Å²) < 4.78 is 53.2. The second-order valence-corrected chi connectivity index (χ2v) is 10.9. The van der Waals surface area contributed by atoms with E-state index in [1.165, 1.54) is 22.5 Å². The molecule has 0 aromatic heterocycles. The predicted molar refractivity (Wildman–Crippen MR) is 106 cm³/mol. The van der Waals surface area contributed by atoms with Crippen LogP contribution >= 0.6 is 0 Å². The molecule has 2 aromatic rings. The summed E-state index contributed by atoms with van der Waals surface area (Å²) in [5, 5.41) is 0. The van der Waals surface area contributed by atoms with E-state index in [2.05, 4.69) is 0 Å². The lowest BCUT2D eigenvalue weighted by Gasteiger charge is -2.22. The van der Waals surface area contributed by atoms with Crippen LogP contribution in [0.3, 0.4) is 0 Å². The number of benzene rings is 2. The smallest absolute Gasteiger partial charge is 0.264 e. The molecule has 7 nitrogen and oxygen atoms in total. The molecule has 1 atom stereocenters.